The van der Waals surface area contributed by atoms with Gasteiger partial charge in [0.2, 0.25) is 59.1 Å². The zero-order valence-electron chi connectivity index (χ0n) is 46.3. The number of primary amides is 2. The van der Waals surface area contributed by atoms with Gasteiger partial charge in [0.15, 0.2) is 0 Å². The Morgan fingerprint density at radius 3 is 1.46 bits per heavy atom. The Bertz CT molecular complexity index is 2860. The number of benzene rings is 2. The van der Waals surface area contributed by atoms with Crippen molar-refractivity contribution in [3.05, 3.63) is 65.9 Å². The van der Waals surface area contributed by atoms with E-state index in [2.05, 4.69) is 52.0 Å². The van der Waals surface area contributed by atoms with Gasteiger partial charge in [0.05, 0.1) is 19.3 Å². The van der Waals surface area contributed by atoms with Crippen molar-refractivity contribution in [1.82, 2.24) is 47.5 Å². The molecule has 0 bridgehead atoms. The summed E-state index contributed by atoms with van der Waals surface area (Å²) in [5, 5.41) is 39.6. The van der Waals surface area contributed by atoms with Crippen LogP contribution in [0.2, 0.25) is 0 Å². The third kappa shape index (κ3) is 23.0. The lowest BCUT2D eigenvalue weighted by atomic mass is 9.96. The van der Waals surface area contributed by atoms with Gasteiger partial charge in [0.1, 0.15) is 54.1 Å². The lowest BCUT2D eigenvalue weighted by Crippen LogP contribution is -2.62. The van der Waals surface area contributed by atoms with E-state index in [4.69, 9.17) is 11.5 Å². The molecule has 3 rings (SSSR count). The van der Waals surface area contributed by atoms with Gasteiger partial charge in [-0.1, -0.05) is 78.3 Å². The highest BCUT2D eigenvalue weighted by atomic mass is 31.2. The summed E-state index contributed by atoms with van der Waals surface area (Å²) >= 11 is 0. The van der Waals surface area contributed by atoms with E-state index in [1.165, 1.54) is 19.1 Å². The minimum Gasteiger partial charge on any atom is -0.481 e. The third-order valence-electron chi connectivity index (χ3n) is 12.6. The fourth-order valence-corrected chi connectivity index (χ4v) is 8.82. The van der Waals surface area contributed by atoms with Crippen LogP contribution >= 0.6 is 7.82 Å². The average molecular weight is 1170 g/mol. The van der Waals surface area contributed by atoms with E-state index in [0.717, 1.165) is 24.6 Å². The minimum absolute atomic E-state index is 0.107. The number of rotatable bonds is 34. The molecule has 0 aliphatic carbocycles. The number of para-hydroxylation sites is 1. The predicted octanol–water partition coefficient (Wildman–Crippen LogP) is -1.23. The summed E-state index contributed by atoms with van der Waals surface area (Å²) in [4.78, 5) is 181. The first-order chi connectivity index (χ1) is 38.3. The SMILES string of the molecule is CC[C@H](C)[C@H](NC(=O)[C@H](Cc1ccc(OP(=O)(O)O)cc1)NC(=O)[C@H](CC(N)=O)NC(=O)[C@H](CC(C)C)NC(C)=O)C(=O)N[C@@H](CC(=O)O)C(=O)N[C@@H](CC(C)C)C(=O)N[C@@H](CC(=O)O)C(=O)N[C@@H](Cc1c[nH]c2ccccc12)C(N)=O. The molecule has 0 saturated carbocycles. The van der Waals surface area contributed by atoms with Crippen LogP contribution in [0.1, 0.15) is 98.1 Å². The monoisotopic (exact) mass is 1170 g/mol. The van der Waals surface area contributed by atoms with Crippen LogP contribution in [0.5, 0.6) is 5.75 Å². The zero-order chi connectivity index (χ0) is 61.8. The Morgan fingerprint density at radius 1 is 0.561 bits per heavy atom. The summed E-state index contributed by atoms with van der Waals surface area (Å²) < 4.78 is 16.1. The van der Waals surface area contributed by atoms with Crippen molar-refractivity contribution in [3.8, 4) is 5.75 Å². The number of carboxylic acids is 2. The number of amides is 10. The number of carbonyl (C=O) groups excluding carboxylic acids is 10. The Balaban J connectivity index is 1.95. The lowest BCUT2D eigenvalue weighted by molar-refractivity contribution is -0.142. The van der Waals surface area contributed by atoms with Crippen molar-refractivity contribution in [2.75, 3.05) is 0 Å². The molecule has 30 heteroatoms. The van der Waals surface area contributed by atoms with Crippen molar-refractivity contribution < 1.29 is 86.6 Å². The number of nitrogens with two attached hydrogens (primary N) is 2. The standard InChI is InChI=1S/C52H74N11O18P/c1-8-27(6)44(63-51(76)37(19-29-13-15-31(16-14-29)81-82(78,79)80)59-48(73)38(21-41(53)65)60-46(71)35(17-25(2)3)56-28(7)64)52(77)62-40(23-43(68)69)50(75)58-36(18-26(4)5)47(72)61-39(22-42(66)67)49(74)57-34(45(54)70)20-30-24-55-33-12-10-9-11-32(30)33/h9-16,24-27,34-40,44,55H,8,17-23H2,1-7H3,(H2,53,65)(H2,54,70)(H,56,64)(H,57,74)(H,58,75)(H,59,73)(H,60,71)(H,61,72)(H,62,77)(H,63,76)(H,66,67)(H,68,69)(H2,78,79,80)/t27-,34-,35-,36-,37-,38-,39-,40-,44-/m0/s1. The van der Waals surface area contributed by atoms with Crippen LogP contribution in [0.25, 0.3) is 10.9 Å². The molecular formula is C52H74N11O18P. The van der Waals surface area contributed by atoms with E-state index in [1.54, 1.807) is 65.1 Å². The first-order valence-corrected chi connectivity index (χ1v) is 27.6. The van der Waals surface area contributed by atoms with Gasteiger partial charge in [-0.15, -0.1) is 0 Å². The van der Waals surface area contributed by atoms with Crippen molar-refractivity contribution >= 4 is 89.7 Å². The summed E-state index contributed by atoms with van der Waals surface area (Å²) in [6.07, 6.45) is -1.82. The molecule has 0 saturated heterocycles. The normalized spacial score (nSPS) is 14.7. The van der Waals surface area contributed by atoms with Gasteiger partial charge >= 0.3 is 19.8 Å². The summed E-state index contributed by atoms with van der Waals surface area (Å²) in [5.41, 5.74) is 12.6. The second kappa shape index (κ2) is 31.5. The molecule has 2 aromatic carbocycles. The molecule has 1 aromatic heterocycles. The molecule has 82 heavy (non-hydrogen) atoms. The third-order valence-corrected chi connectivity index (χ3v) is 13.0. The van der Waals surface area contributed by atoms with Gasteiger partial charge in [0, 0.05) is 36.9 Å². The van der Waals surface area contributed by atoms with Crippen LogP contribution in [-0.2, 0) is 74.9 Å². The summed E-state index contributed by atoms with van der Waals surface area (Å²) in [6, 6.07) is -1.19. The largest absolute Gasteiger partial charge is 0.524 e. The highest BCUT2D eigenvalue weighted by Gasteiger charge is 2.38. The van der Waals surface area contributed by atoms with Gasteiger partial charge < -0.3 is 73.7 Å². The number of hydrogen-bond acceptors (Lipinski definition) is 14. The smallest absolute Gasteiger partial charge is 0.481 e. The molecule has 0 radical (unpaired) electrons. The number of carboxylic acid groups (broad SMARTS) is 2. The number of fused-ring (bicyclic) bond motifs is 1. The number of aromatic nitrogens is 1. The van der Waals surface area contributed by atoms with Crippen LogP contribution in [0.4, 0.5) is 0 Å². The topological polar surface area (TPSA) is 476 Å². The second-order valence-corrected chi connectivity index (χ2v) is 21.7. The van der Waals surface area contributed by atoms with Crippen molar-refractivity contribution in [3.63, 3.8) is 0 Å². The van der Waals surface area contributed by atoms with Crippen LogP contribution < -0.4 is 58.5 Å². The van der Waals surface area contributed by atoms with Gasteiger partial charge in [0.25, 0.3) is 0 Å². The number of carbonyl (C=O) groups is 12. The van der Waals surface area contributed by atoms with Gasteiger partial charge in [-0.2, -0.15) is 0 Å². The minimum atomic E-state index is -5.01. The van der Waals surface area contributed by atoms with E-state index < -0.39 is 165 Å². The number of H-pyrrole nitrogens is 1. The second-order valence-electron chi connectivity index (χ2n) is 20.5. The highest BCUT2D eigenvalue weighted by molar-refractivity contribution is 7.46. The van der Waals surface area contributed by atoms with Crippen molar-refractivity contribution in [2.45, 2.75) is 148 Å². The number of phosphoric acid groups is 1. The fourth-order valence-electron chi connectivity index (χ4n) is 8.42. The first-order valence-electron chi connectivity index (χ1n) is 26.1. The molecule has 1 heterocycles. The van der Waals surface area contributed by atoms with Crippen LogP contribution in [-0.4, -0.2) is 144 Å². The molecule has 0 fully saturated rings. The molecule has 29 nitrogen and oxygen atoms in total. The molecule has 17 N–H and O–H groups in total. The molecule has 0 spiro atoms. The van der Waals surface area contributed by atoms with Crippen LogP contribution in [0.15, 0.2) is 54.7 Å². The Hall–Kier alpha value is -8.43. The zero-order valence-corrected chi connectivity index (χ0v) is 47.2. The van der Waals surface area contributed by atoms with Crippen LogP contribution in [0.3, 0.4) is 0 Å². The maximum Gasteiger partial charge on any atom is 0.524 e. The molecule has 10 amide bonds. The molecule has 450 valence electrons. The molecule has 0 aliphatic rings. The Morgan fingerprint density at radius 2 is 1.00 bits per heavy atom. The predicted molar refractivity (Wildman–Crippen MR) is 292 cm³/mol. The number of nitrogens with one attached hydrogen (secondary N) is 9. The number of hydrogen-bond donors (Lipinski definition) is 15. The molecule has 9 atom stereocenters. The van der Waals surface area contributed by atoms with E-state index >= 15 is 0 Å². The summed E-state index contributed by atoms with van der Waals surface area (Å²) in [6.45, 7) is 11.1. The highest BCUT2D eigenvalue weighted by Crippen LogP contribution is 2.37. The molecule has 3 aromatic rings. The summed E-state index contributed by atoms with van der Waals surface area (Å²) in [5.74, 6) is -15.2. The van der Waals surface area contributed by atoms with E-state index in [1.807, 2.05) is 0 Å². The maximum absolute atomic E-state index is 14.5. The quantitative estimate of drug-likeness (QED) is 0.0311. The van der Waals surface area contributed by atoms with Gasteiger partial charge in [-0.05, 0) is 59.9 Å². The van der Waals surface area contributed by atoms with Gasteiger partial charge in [-0.25, -0.2) is 4.57 Å². The number of aromatic amines is 1. The van der Waals surface area contributed by atoms with Crippen LogP contribution in [0, 0.1) is 17.8 Å². The number of aliphatic carboxylic acids is 2. The average Bonchev–Trinajstić information content (AvgIpc) is 3.83. The Kier molecular flexibility index (Phi) is 26.1. The number of phosphoric ester groups is 1. The lowest BCUT2D eigenvalue weighted by Gasteiger charge is -2.30. The summed E-state index contributed by atoms with van der Waals surface area (Å²) in [7, 11) is -5.01. The molecule has 0 aliphatic heterocycles. The maximum atomic E-state index is 14.5. The van der Waals surface area contributed by atoms with E-state index in [9.17, 15) is 82.1 Å². The van der Waals surface area contributed by atoms with Crippen molar-refractivity contribution in [2.24, 2.45) is 29.2 Å². The Labute approximate surface area is 471 Å². The van der Waals surface area contributed by atoms with E-state index in [0.29, 0.717) is 10.9 Å². The first kappa shape index (κ1) is 67.8. The fraction of sp³-hybridized carbons (Fsp3) is 0.500. The van der Waals surface area contributed by atoms with Gasteiger partial charge in [-0.3, -0.25) is 67.3 Å². The van der Waals surface area contributed by atoms with Crippen molar-refractivity contribution in [1.29, 1.82) is 0 Å². The van der Waals surface area contributed by atoms with E-state index in [-0.39, 0.29) is 42.9 Å². The molecule has 0 unspecified atom stereocenters. The molecular weight excluding hydrogens is 1100 g/mol.